The van der Waals surface area contributed by atoms with E-state index >= 15 is 0 Å². The first-order valence-electron chi connectivity index (χ1n) is 9.51. The Hall–Kier alpha value is -0.710. The lowest BCUT2D eigenvalue weighted by atomic mass is 9.70. The number of ketones is 1. The van der Waals surface area contributed by atoms with Crippen LogP contribution in [-0.2, 0) is 14.4 Å². The van der Waals surface area contributed by atoms with Crippen LogP contribution in [0.5, 0.6) is 0 Å². The van der Waals surface area contributed by atoms with Crippen LogP contribution in [0.3, 0.4) is 0 Å². The minimum Gasteiger partial charge on any atom is -0.317 e. The van der Waals surface area contributed by atoms with Crippen molar-refractivity contribution in [2.75, 3.05) is 5.33 Å². The molecule has 25 heavy (non-hydrogen) atoms. The molecule has 0 spiro atoms. The average molecular weight is 410 g/mol. The number of hydrogen-bond acceptors (Lipinski definition) is 4. The van der Waals surface area contributed by atoms with Crippen molar-refractivity contribution in [3.63, 3.8) is 0 Å². The Balaban J connectivity index is 1.56. The number of fused-ring (bicyclic) bond motifs is 4. The van der Waals surface area contributed by atoms with Crippen LogP contribution in [0.4, 0.5) is 0 Å². The zero-order valence-corrected chi connectivity index (χ0v) is 17.2. The Labute approximate surface area is 158 Å². The lowest BCUT2D eigenvalue weighted by molar-refractivity contribution is -0.161. The van der Waals surface area contributed by atoms with Crippen LogP contribution in [-0.4, -0.2) is 22.8 Å². The molecule has 0 aromatic carbocycles. The molecule has 0 saturated heterocycles. The number of halogens is 1. The highest BCUT2D eigenvalue weighted by molar-refractivity contribution is 9.09. The lowest BCUT2D eigenvalue weighted by Crippen LogP contribution is -2.42. The molecule has 0 N–H and O–H groups in total. The molecule has 0 aromatic heterocycles. The molecule has 0 aromatic rings. The smallest absolute Gasteiger partial charge is 0.317 e. The highest BCUT2D eigenvalue weighted by Gasteiger charge is 2.66. The minimum atomic E-state index is -0.935. The molecule has 4 aliphatic carbocycles. The van der Waals surface area contributed by atoms with Gasteiger partial charge in [-0.1, -0.05) is 48.8 Å². The molecule has 4 saturated carbocycles. The van der Waals surface area contributed by atoms with Crippen LogP contribution in [0.25, 0.3) is 0 Å². The first kappa shape index (κ1) is 17.7. The fraction of sp³-hybridized carbons (Fsp3) is 0.850. The highest BCUT2D eigenvalue weighted by Crippen LogP contribution is 2.65. The predicted octanol–water partition coefficient (Wildman–Crippen LogP) is 4.50. The van der Waals surface area contributed by atoms with Gasteiger partial charge in [0, 0.05) is 16.2 Å². The molecule has 0 radical (unpaired) electrons. The first-order chi connectivity index (χ1) is 11.6. The van der Waals surface area contributed by atoms with Crippen molar-refractivity contribution in [2.24, 2.45) is 38.7 Å². The molecular weight excluding hydrogens is 382 g/mol. The number of Topliss-reactive ketones (excluding diaryl/α,β-unsaturated/α-hetero) is 1. The molecule has 4 aliphatic rings. The average Bonchev–Trinajstić information content (AvgIpc) is 3.24. The maximum Gasteiger partial charge on any atom is 0.348 e. The number of alkyl halides is 1. The van der Waals surface area contributed by atoms with Crippen molar-refractivity contribution in [1.82, 2.24) is 0 Å². The van der Waals surface area contributed by atoms with Crippen LogP contribution >= 0.6 is 15.9 Å². The van der Waals surface area contributed by atoms with Gasteiger partial charge in [0.2, 0.25) is 0 Å². The van der Waals surface area contributed by atoms with Gasteiger partial charge in [-0.25, -0.2) is 4.79 Å². The van der Waals surface area contributed by atoms with Gasteiger partial charge in [-0.2, -0.15) is 0 Å². The van der Waals surface area contributed by atoms with Crippen molar-refractivity contribution in [3.8, 4) is 0 Å². The molecule has 0 heterocycles. The van der Waals surface area contributed by atoms with Crippen molar-refractivity contribution in [3.05, 3.63) is 0 Å². The number of carbonyl (C=O) groups is 2. The quantitative estimate of drug-likeness (QED) is 0.298. The third kappa shape index (κ3) is 1.97. The van der Waals surface area contributed by atoms with E-state index in [-0.39, 0.29) is 16.6 Å². The Morgan fingerprint density at radius 3 is 2.44 bits per heavy atom. The Morgan fingerprint density at radius 2 is 1.88 bits per heavy atom. The molecule has 5 atom stereocenters. The van der Waals surface area contributed by atoms with Crippen molar-refractivity contribution < 1.29 is 14.4 Å². The van der Waals surface area contributed by atoms with Crippen LogP contribution in [0.15, 0.2) is 5.16 Å². The van der Waals surface area contributed by atoms with Crippen LogP contribution < -0.4 is 0 Å². The van der Waals surface area contributed by atoms with Gasteiger partial charge >= 0.3 is 5.97 Å². The minimum absolute atomic E-state index is 0.0176. The maximum atomic E-state index is 12.9. The van der Waals surface area contributed by atoms with Gasteiger partial charge in [0.05, 0.1) is 5.71 Å². The summed E-state index contributed by atoms with van der Waals surface area (Å²) >= 11 is 3.69. The summed E-state index contributed by atoms with van der Waals surface area (Å²) in [6, 6.07) is 0. The third-order valence-electron chi connectivity index (χ3n) is 8.69. The van der Waals surface area contributed by atoms with Gasteiger partial charge in [0.1, 0.15) is 5.41 Å². The SMILES string of the molecule is CC1(C)C(=O)C2(C(=O)O/N=C3\CC4CCC3(C)C4(C)CBr)CCC1C2. The summed E-state index contributed by atoms with van der Waals surface area (Å²) in [6.07, 6.45) is 5.41. The molecule has 5 heteroatoms. The normalized spacial score (nSPS) is 48.5. The number of hydrogen-bond donors (Lipinski definition) is 0. The predicted molar refractivity (Wildman–Crippen MR) is 99.4 cm³/mol. The van der Waals surface area contributed by atoms with E-state index in [9.17, 15) is 9.59 Å². The topological polar surface area (TPSA) is 55.7 Å². The number of oxime groups is 1. The molecule has 5 unspecified atom stereocenters. The van der Waals surface area contributed by atoms with Gasteiger partial charge in [-0.15, -0.1) is 0 Å². The molecule has 0 amide bonds. The Kier molecular flexibility index (Phi) is 3.66. The van der Waals surface area contributed by atoms with E-state index in [1.54, 1.807) is 0 Å². The van der Waals surface area contributed by atoms with Gasteiger partial charge in [0.25, 0.3) is 0 Å². The largest absolute Gasteiger partial charge is 0.348 e. The van der Waals surface area contributed by atoms with Gasteiger partial charge < -0.3 is 4.84 Å². The van der Waals surface area contributed by atoms with Crippen LogP contribution in [0, 0.1) is 33.5 Å². The first-order valence-corrected chi connectivity index (χ1v) is 10.6. The molecular formula is C20H28BrNO3. The summed E-state index contributed by atoms with van der Waals surface area (Å²) in [5.74, 6) is 0.545. The van der Waals surface area contributed by atoms with Crippen molar-refractivity contribution in [2.45, 2.75) is 66.2 Å². The molecule has 0 aliphatic heterocycles. The van der Waals surface area contributed by atoms with E-state index in [0.29, 0.717) is 24.7 Å². The fourth-order valence-electron chi connectivity index (χ4n) is 6.30. The second-order valence-corrected chi connectivity index (χ2v) is 10.4. The summed E-state index contributed by atoms with van der Waals surface area (Å²) in [5, 5.41) is 5.29. The summed E-state index contributed by atoms with van der Waals surface area (Å²) in [4.78, 5) is 31.2. The summed E-state index contributed by atoms with van der Waals surface area (Å²) in [6.45, 7) is 8.51. The van der Waals surface area contributed by atoms with E-state index in [1.807, 2.05) is 13.8 Å². The van der Waals surface area contributed by atoms with Gasteiger partial charge in [0.15, 0.2) is 5.78 Å². The second-order valence-electron chi connectivity index (χ2n) is 9.81. The fourth-order valence-corrected chi connectivity index (χ4v) is 7.38. The lowest BCUT2D eigenvalue weighted by Gasteiger charge is -2.36. The van der Waals surface area contributed by atoms with Gasteiger partial charge in [-0.05, 0) is 55.8 Å². The van der Waals surface area contributed by atoms with E-state index in [2.05, 4.69) is 34.9 Å². The monoisotopic (exact) mass is 409 g/mol. The molecule has 4 nitrogen and oxygen atoms in total. The van der Waals surface area contributed by atoms with E-state index in [4.69, 9.17) is 4.84 Å². The summed E-state index contributed by atoms with van der Waals surface area (Å²) < 4.78 is 0. The summed E-state index contributed by atoms with van der Waals surface area (Å²) in [5.41, 5.74) is -0.182. The number of nitrogens with zero attached hydrogens (tertiary/aromatic N) is 1. The van der Waals surface area contributed by atoms with E-state index < -0.39 is 16.8 Å². The van der Waals surface area contributed by atoms with Crippen LogP contribution in [0.1, 0.15) is 66.2 Å². The Bertz CT molecular complexity index is 686. The third-order valence-corrected chi connectivity index (χ3v) is 9.86. The maximum absolute atomic E-state index is 12.9. The van der Waals surface area contributed by atoms with Gasteiger partial charge in [-0.3, -0.25) is 4.79 Å². The number of carbonyl (C=O) groups excluding carboxylic acids is 2. The van der Waals surface area contributed by atoms with Crippen molar-refractivity contribution in [1.29, 1.82) is 0 Å². The van der Waals surface area contributed by atoms with E-state index in [1.165, 1.54) is 6.42 Å². The molecule has 4 bridgehead atoms. The van der Waals surface area contributed by atoms with E-state index in [0.717, 1.165) is 30.3 Å². The number of rotatable bonds is 3. The molecule has 138 valence electrons. The molecule has 4 fully saturated rings. The Morgan fingerprint density at radius 1 is 1.20 bits per heavy atom. The van der Waals surface area contributed by atoms with Crippen LogP contribution in [0.2, 0.25) is 0 Å². The van der Waals surface area contributed by atoms with Crippen molar-refractivity contribution >= 4 is 33.4 Å². The molecule has 4 rings (SSSR count). The zero-order chi connectivity index (χ0) is 18.3. The second kappa shape index (κ2) is 5.17. The zero-order valence-electron chi connectivity index (χ0n) is 15.7. The summed E-state index contributed by atoms with van der Waals surface area (Å²) in [7, 11) is 0. The highest BCUT2D eigenvalue weighted by atomic mass is 79.9. The standard InChI is InChI=1S/C20H28BrNO3/c1-17(2)13-6-8-20(10-13,15(17)23)16(24)25-22-14-9-12-5-7-18(14,3)19(12,4)11-21/h12-13H,5-11H2,1-4H3/b22-14+.